The fraction of sp³-hybridized carbons (Fsp3) is 0.231. The first-order chi connectivity index (χ1) is 15.9. The van der Waals surface area contributed by atoms with Crippen molar-refractivity contribution >= 4 is 11.9 Å². The van der Waals surface area contributed by atoms with Crippen LogP contribution in [0.4, 0.5) is 8.78 Å². The molecule has 0 spiro atoms. The summed E-state index contributed by atoms with van der Waals surface area (Å²) in [7, 11) is 0. The minimum Gasteiger partial charge on any atom is -0.480 e. The van der Waals surface area contributed by atoms with E-state index in [0.717, 1.165) is 0 Å². The average Bonchev–Trinajstić information content (AvgIpc) is 3.30. The van der Waals surface area contributed by atoms with Gasteiger partial charge in [0.2, 0.25) is 5.91 Å². The molecule has 0 bridgehead atoms. The fourth-order valence-corrected chi connectivity index (χ4v) is 4.33. The van der Waals surface area contributed by atoms with Crippen LogP contribution < -0.4 is 5.32 Å². The van der Waals surface area contributed by atoms with Crippen molar-refractivity contribution in [2.24, 2.45) is 0 Å². The molecular formula is C26H24F2N2O3. The van der Waals surface area contributed by atoms with Crippen LogP contribution in [0.25, 0.3) is 0 Å². The summed E-state index contributed by atoms with van der Waals surface area (Å²) in [4.78, 5) is 26.7. The number of likely N-dealkylation sites (tertiary alicyclic amines) is 1. The van der Waals surface area contributed by atoms with Gasteiger partial charge in [-0.15, -0.1) is 0 Å². The molecule has 2 N–H and O–H groups in total. The Morgan fingerprint density at radius 1 is 0.879 bits per heavy atom. The summed E-state index contributed by atoms with van der Waals surface area (Å²) in [6.07, 6.45) is 0.987. The summed E-state index contributed by atoms with van der Waals surface area (Å²) in [5.74, 6) is -2.34. The van der Waals surface area contributed by atoms with Gasteiger partial charge in [-0.1, -0.05) is 54.6 Å². The molecule has 0 radical (unpaired) electrons. The molecule has 1 aliphatic rings. The topological polar surface area (TPSA) is 69.6 Å². The van der Waals surface area contributed by atoms with E-state index in [1.165, 1.54) is 29.2 Å². The number of rotatable bonds is 7. The van der Waals surface area contributed by atoms with Gasteiger partial charge < -0.3 is 10.0 Å². The molecule has 4 rings (SSSR count). The van der Waals surface area contributed by atoms with Crippen LogP contribution >= 0.6 is 0 Å². The largest absolute Gasteiger partial charge is 0.480 e. The third kappa shape index (κ3) is 5.09. The summed E-state index contributed by atoms with van der Waals surface area (Å²) in [6.45, 7) is 0.339. The summed E-state index contributed by atoms with van der Waals surface area (Å²) in [5.41, 5.74) is 1.67. The highest BCUT2D eigenvalue weighted by Crippen LogP contribution is 2.30. The smallest absolute Gasteiger partial charge is 0.326 e. The van der Waals surface area contributed by atoms with E-state index in [4.69, 9.17) is 0 Å². The van der Waals surface area contributed by atoms with Crippen molar-refractivity contribution in [2.75, 3.05) is 6.54 Å². The average molecular weight is 450 g/mol. The maximum Gasteiger partial charge on any atom is 0.326 e. The highest BCUT2D eigenvalue weighted by molar-refractivity contribution is 5.88. The van der Waals surface area contributed by atoms with E-state index in [0.29, 0.717) is 36.1 Å². The van der Waals surface area contributed by atoms with E-state index >= 15 is 0 Å². The molecule has 1 heterocycles. The van der Waals surface area contributed by atoms with E-state index in [9.17, 15) is 23.5 Å². The van der Waals surface area contributed by atoms with Crippen molar-refractivity contribution in [1.29, 1.82) is 0 Å². The van der Waals surface area contributed by atoms with Crippen molar-refractivity contribution in [3.05, 3.63) is 107 Å². The number of carboxylic acids is 1. The monoisotopic (exact) mass is 450 g/mol. The molecular weight excluding hydrogens is 426 g/mol. The zero-order valence-corrected chi connectivity index (χ0v) is 17.8. The Labute approximate surface area is 190 Å². The Bertz CT molecular complexity index is 1090. The zero-order chi connectivity index (χ0) is 23.4. The van der Waals surface area contributed by atoms with E-state index in [2.05, 4.69) is 5.32 Å². The van der Waals surface area contributed by atoms with E-state index in [1.807, 2.05) is 6.07 Å². The Kier molecular flexibility index (Phi) is 6.79. The van der Waals surface area contributed by atoms with Crippen LogP contribution in [-0.4, -0.2) is 34.5 Å². The number of nitrogens with one attached hydrogen (secondary N) is 1. The molecule has 0 aromatic heterocycles. The van der Waals surface area contributed by atoms with E-state index in [-0.39, 0.29) is 5.91 Å². The minimum atomic E-state index is -1.04. The standard InChI is InChI=1S/C26H24F2N2O3/c27-20-11-4-9-18(15-20)23(19-10-5-12-21(28)16-19)29-24(17-7-2-1-3-8-17)25(31)30-14-6-13-22(30)26(32)33/h1-5,7-12,15-16,22-24,29H,6,13-14H2,(H,32,33)/t22-,24+/m0/s1. The molecule has 170 valence electrons. The Balaban J connectivity index is 1.76. The molecule has 2 atom stereocenters. The molecule has 0 saturated carbocycles. The van der Waals surface area contributed by atoms with Crippen molar-refractivity contribution in [2.45, 2.75) is 31.0 Å². The van der Waals surface area contributed by atoms with Gasteiger partial charge in [-0.05, 0) is 53.8 Å². The number of carbonyl (C=O) groups is 2. The van der Waals surface area contributed by atoms with Crippen molar-refractivity contribution < 1.29 is 23.5 Å². The number of aliphatic carboxylic acids is 1. The molecule has 3 aromatic carbocycles. The zero-order valence-electron chi connectivity index (χ0n) is 17.8. The van der Waals surface area contributed by atoms with Gasteiger partial charge in [0.25, 0.3) is 0 Å². The lowest BCUT2D eigenvalue weighted by molar-refractivity contribution is -0.149. The first kappa shape index (κ1) is 22.6. The van der Waals surface area contributed by atoms with E-state index < -0.39 is 35.7 Å². The third-order valence-electron chi connectivity index (χ3n) is 5.90. The predicted molar refractivity (Wildman–Crippen MR) is 119 cm³/mol. The number of hydrogen-bond donors (Lipinski definition) is 2. The van der Waals surface area contributed by atoms with Crippen LogP contribution in [-0.2, 0) is 9.59 Å². The number of carboxylic acid groups (broad SMARTS) is 1. The number of nitrogens with zero attached hydrogens (tertiary/aromatic N) is 1. The highest BCUT2D eigenvalue weighted by atomic mass is 19.1. The molecule has 5 nitrogen and oxygen atoms in total. The van der Waals surface area contributed by atoms with Gasteiger partial charge in [-0.2, -0.15) is 0 Å². The molecule has 1 aliphatic heterocycles. The normalized spacial score (nSPS) is 16.7. The summed E-state index contributed by atoms with van der Waals surface area (Å²) in [6, 6.07) is 18.2. The summed E-state index contributed by atoms with van der Waals surface area (Å²) in [5, 5.41) is 12.9. The first-order valence-electron chi connectivity index (χ1n) is 10.8. The molecule has 0 aliphatic carbocycles. The molecule has 1 fully saturated rings. The predicted octanol–water partition coefficient (Wildman–Crippen LogP) is 4.46. The second-order valence-electron chi connectivity index (χ2n) is 8.08. The van der Waals surface area contributed by atoms with Gasteiger partial charge in [0.1, 0.15) is 23.7 Å². The molecule has 7 heteroatoms. The lowest BCUT2D eigenvalue weighted by Crippen LogP contribution is -2.47. The Morgan fingerprint density at radius 3 is 2.00 bits per heavy atom. The second kappa shape index (κ2) is 9.92. The van der Waals surface area contributed by atoms with Crippen molar-refractivity contribution in [1.82, 2.24) is 10.2 Å². The highest BCUT2D eigenvalue weighted by Gasteiger charge is 2.38. The van der Waals surface area contributed by atoms with Crippen LogP contribution in [0.15, 0.2) is 78.9 Å². The second-order valence-corrected chi connectivity index (χ2v) is 8.08. The Morgan fingerprint density at radius 2 is 1.45 bits per heavy atom. The van der Waals surface area contributed by atoms with Gasteiger partial charge in [0.05, 0.1) is 6.04 Å². The maximum absolute atomic E-state index is 14.1. The Hall–Kier alpha value is -3.58. The van der Waals surface area contributed by atoms with E-state index in [1.54, 1.807) is 48.5 Å². The van der Waals surface area contributed by atoms with Gasteiger partial charge in [-0.3, -0.25) is 10.1 Å². The fourth-order valence-electron chi connectivity index (χ4n) is 4.33. The number of amides is 1. The SMILES string of the molecule is O=C(O)[C@@H]1CCCN1C(=O)[C@H](NC(c1cccc(F)c1)c1cccc(F)c1)c1ccccc1. The van der Waals surface area contributed by atoms with Gasteiger partial charge in [-0.25, -0.2) is 13.6 Å². The van der Waals surface area contributed by atoms with Crippen molar-refractivity contribution in [3.63, 3.8) is 0 Å². The summed E-state index contributed by atoms with van der Waals surface area (Å²) < 4.78 is 28.2. The molecule has 1 amide bonds. The van der Waals surface area contributed by atoms with Crippen LogP contribution in [0.2, 0.25) is 0 Å². The number of hydrogen-bond acceptors (Lipinski definition) is 3. The maximum atomic E-state index is 14.1. The lowest BCUT2D eigenvalue weighted by Gasteiger charge is -2.31. The van der Waals surface area contributed by atoms with Crippen molar-refractivity contribution in [3.8, 4) is 0 Å². The number of carbonyl (C=O) groups excluding carboxylic acids is 1. The quantitative estimate of drug-likeness (QED) is 0.558. The van der Waals surface area contributed by atoms with Gasteiger partial charge in [0, 0.05) is 6.54 Å². The van der Waals surface area contributed by atoms with Crippen LogP contribution in [0.1, 0.15) is 41.6 Å². The lowest BCUT2D eigenvalue weighted by atomic mass is 9.95. The van der Waals surface area contributed by atoms with Gasteiger partial charge in [0.15, 0.2) is 0 Å². The molecule has 0 unspecified atom stereocenters. The number of halogens is 2. The molecule has 33 heavy (non-hydrogen) atoms. The van der Waals surface area contributed by atoms with Crippen LogP contribution in [0.5, 0.6) is 0 Å². The first-order valence-corrected chi connectivity index (χ1v) is 10.8. The van der Waals surface area contributed by atoms with Crippen LogP contribution in [0.3, 0.4) is 0 Å². The summed E-state index contributed by atoms with van der Waals surface area (Å²) >= 11 is 0. The number of benzene rings is 3. The van der Waals surface area contributed by atoms with Gasteiger partial charge >= 0.3 is 5.97 Å². The molecule has 1 saturated heterocycles. The third-order valence-corrected chi connectivity index (χ3v) is 5.90. The molecule has 3 aromatic rings. The van der Waals surface area contributed by atoms with Crippen LogP contribution in [0, 0.1) is 11.6 Å². The minimum absolute atomic E-state index is 0.339.